The second kappa shape index (κ2) is 12.8. The molecule has 7 nitrogen and oxygen atoms in total. The minimum absolute atomic E-state index is 0.241. The number of terminal acetylenes is 1. The van der Waals surface area contributed by atoms with Crippen molar-refractivity contribution in [1.29, 1.82) is 0 Å². The molecule has 1 aliphatic heterocycles. The number of hydrogen-bond donors (Lipinski definition) is 2. The van der Waals surface area contributed by atoms with E-state index in [9.17, 15) is 10.2 Å². The van der Waals surface area contributed by atoms with E-state index in [1.165, 1.54) is 0 Å². The summed E-state index contributed by atoms with van der Waals surface area (Å²) in [6.45, 7) is 3.72. The highest BCUT2D eigenvalue weighted by molar-refractivity contribution is 4.82. The van der Waals surface area contributed by atoms with Gasteiger partial charge in [-0.1, -0.05) is 5.92 Å². The van der Waals surface area contributed by atoms with E-state index in [-0.39, 0.29) is 6.61 Å². The fourth-order valence-corrected chi connectivity index (χ4v) is 1.89. The van der Waals surface area contributed by atoms with Crippen LogP contribution in [0.3, 0.4) is 0 Å². The molecular weight excluding hydrogens is 292 g/mol. The van der Waals surface area contributed by atoms with Gasteiger partial charge in [-0.25, -0.2) is 0 Å². The summed E-state index contributed by atoms with van der Waals surface area (Å²) >= 11 is 0. The van der Waals surface area contributed by atoms with E-state index < -0.39 is 18.3 Å². The Morgan fingerprint density at radius 1 is 0.955 bits per heavy atom. The fraction of sp³-hybridized carbons (Fsp3) is 0.867. The average molecular weight is 318 g/mol. The highest BCUT2D eigenvalue weighted by Crippen LogP contribution is 2.14. The van der Waals surface area contributed by atoms with Crippen LogP contribution in [0.25, 0.3) is 0 Å². The molecule has 128 valence electrons. The van der Waals surface area contributed by atoms with Crippen molar-refractivity contribution in [2.45, 2.75) is 24.7 Å². The normalized spacial score (nSPS) is 25.0. The van der Waals surface area contributed by atoms with Crippen molar-refractivity contribution in [2.24, 2.45) is 0 Å². The maximum Gasteiger partial charge on any atom is 0.109 e. The average Bonchev–Trinajstić information content (AvgIpc) is 2.52. The Morgan fingerprint density at radius 3 is 2.18 bits per heavy atom. The first-order valence-electron chi connectivity index (χ1n) is 7.48. The summed E-state index contributed by atoms with van der Waals surface area (Å²) in [5, 5.41) is 19.2. The Morgan fingerprint density at radius 2 is 1.55 bits per heavy atom. The maximum absolute atomic E-state index is 9.69. The van der Waals surface area contributed by atoms with Crippen LogP contribution in [-0.2, 0) is 23.7 Å². The monoisotopic (exact) mass is 318 g/mol. The van der Waals surface area contributed by atoms with Crippen LogP contribution in [0.1, 0.15) is 6.42 Å². The zero-order chi connectivity index (χ0) is 16.0. The van der Waals surface area contributed by atoms with Crippen molar-refractivity contribution in [3.63, 3.8) is 0 Å². The molecule has 0 aromatic carbocycles. The topological polar surface area (TPSA) is 86.6 Å². The molecule has 0 aromatic rings. The lowest BCUT2D eigenvalue weighted by atomic mass is 10.0. The van der Waals surface area contributed by atoms with E-state index in [1.807, 2.05) is 0 Å². The van der Waals surface area contributed by atoms with E-state index in [0.29, 0.717) is 59.3 Å². The molecule has 0 amide bonds. The van der Waals surface area contributed by atoms with Gasteiger partial charge in [0.1, 0.15) is 18.8 Å². The summed E-state index contributed by atoms with van der Waals surface area (Å²) in [6.07, 6.45) is 3.38. The van der Waals surface area contributed by atoms with E-state index in [1.54, 1.807) is 0 Å². The Kier molecular flexibility index (Phi) is 11.2. The molecule has 2 N–H and O–H groups in total. The van der Waals surface area contributed by atoms with Gasteiger partial charge in [0.15, 0.2) is 0 Å². The van der Waals surface area contributed by atoms with Crippen LogP contribution in [0.5, 0.6) is 0 Å². The molecule has 1 aliphatic rings. The SMILES string of the molecule is C#CCOCCOCCOCCOCC1OCCC(O)C1O. The molecule has 0 aromatic heterocycles. The molecule has 0 saturated carbocycles. The third-order valence-corrected chi connectivity index (χ3v) is 3.10. The molecule has 0 aliphatic carbocycles. The molecule has 0 spiro atoms. The molecule has 3 unspecified atom stereocenters. The van der Waals surface area contributed by atoms with Crippen molar-refractivity contribution in [2.75, 3.05) is 59.5 Å². The minimum atomic E-state index is -0.889. The molecule has 3 atom stereocenters. The standard InChI is InChI=1S/C15H26O7/c1-2-4-18-6-7-19-8-9-20-10-11-21-12-14-15(17)13(16)3-5-22-14/h1,13-17H,3-12H2. The molecule has 0 radical (unpaired) electrons. The van der Waals surface area contributed by atoms with E-state index in [0.717, 1.165) is 0 Å². The highest BCUT2D eigenvalue weighted by Gasteiger charge is 2.31. The number of aliphatic hydroxyl groups excluding tert-OH is 2. The van der Waals surface area contributed by atoms with Crippen LogP contribution in [-0.4, -0.2) is 88.0 Å². The molecule has 7 heteroatoms. The first-order valence-corrected chi connectivity index (χ1v) is 7.48. The number of ether oxygens (including phenoxy) is 5. The van der Waals surface area contributed by atoms with Crippen molar-refractivity contribution in [3.8, 4) is 12.3 Å². The van der Waals surface area contributed by atoms with Crippen molar-refractivity contribution in [3.05, 3.63) is 0 Å². The lowest BCUT2D eigenvalue weighted by Gasteiger charge is -2.31. The van der Waals surface area contributed by atoms with Gasteiger partial charge in [-0.05, 0) is 6.42 Å². The van der Waals surface area contributed by atoms with Crippen LogP contribution >= 0.6 is 0 Å². The Bertz CT molecular complexity index is 305. The predicted octanol–water partition coefficient (Wildman–Crippen LogP) is -0.803. The third-order valence-electron chi connectivity index (χ3n) is 3.10. The van der Waals surface area contributed by atoms with Crippen molar-refractivity contribution in [1.82, 2.24) is 0 Å². The zero-order valence-corrected chi connectivity index (χ0v) is 12.8. The lowest BCUT2D eigenvalue weighted by Crippen LogP contribution is -2.46. The second-order valence-corrected chi connectivity index (χ2v) is 4.81. The maximum atomic E-state index is 9.69. The molecule has 22 heavy (non-hydrogen) atoms. The van der Waals surface area contributed by atoms with Gasteiger partial charge in [-0.2, -0.15) is 0 Å². The van der Waals surface area contributed by atoms with Gasteiger partial charge in [0.05, 0.1) is 52.4 Å². The zero-order valence-electron chi connectivity index (χ0n) is 12.8. The molecule has 1 fully saturated rings. The van der Waals surface area contributed by atoms with Crippen LogP contribution in [0, 0.1) is 12.3 Å². The fourth-order valence-electron chi connectivity index (χ4n) is 1.89. The van der Waals surface area contributed by atoms with Crippen LogP contribution < -0.4 is 0 Å². The number of rotatable bonds is 12. The highest BCUT2D eigenvalue weighted by atomic mass is 16.6. The first kappa shape index (κ1) is 19.3. The molecule has 1 rings (SSSR count). The summed E-state index contributed by atoms with van der Waals surface area (Å²) in [7, 11) is 0. The van der Waals surface area contributed by atoms with Gasteiger partial charge in [-0.15, -0.1) is 6.42 Å². The van der Waals surface area contributed by atoms with Crippen LogP contribution in [0.15, 0.2) is 0 Å². The molecule has 1 heterocycles. The second-order valence-electron chi connectivity index (χ2n) is 4.81. The van der Waals surface area contributed by atoms with E-state index >= 15 is 0 Å². The largest absolute Gasteiger partial charge is 0.390 e. The summed E-state index contributed by atoms with van der Waals surface area (Å²) in [6, 6.07) is 0. The quantitative estimate of drug-likeness (QED) is 0.360. The Hall–Kier alpha value is -0.720. The van der Waals surface area contributed by atoms with Gasteiger partial charge in [-0.3, -0.25) is 0 Å². The van der Waals surface area contributed by atoms with E-state index in [2.05, 4.69) is 5.92 Å². The smallest absolute Gasteiger partial charge is 0.109 e. The third kappa shape index (κ3) is 8.66. The first-order chi connectivity index (χ1) is 10.8. The van der Waals surface area contributed by atoms with Crippen LogP contribution in [0.2, 0.25) is 0 Å². The molecule has 1 saturated heterocycles. The van der Waals surface area contributed by atoms with E-state index in [4.69, 9.17) is 30.1 Å². The van der Waals surface area contributed by atoms with Crippen molar-refractivity contribution >= 4 is 0 Å². The van der Waals surface area contributed by atoms with Crippen LogP contribution in [0.4, 0.5) is 0 Å². The van der Waals surface area contributed by atoms with Gasteiger partial charge in [0, 0.05) is 6.61 Å². The summed E-state index contributed by atoms with van der Waals surface area (Å²) in [4.78, 5) is 0. The lowest BCUT2D eigenvalue weighted by molar-refractivity contribution is -0.156. The van der Waals surface area contributed by atoms with Gasteiger partial charge in [0.25, 0.3) is 0 Å². The number of hydrogen-bond acceptors (Lipinski definition) is 7. The summed E-state index contributed by atoms with van der Waals surface area (Å²) < 4.78 is 26.3. The Balaban J connectivity index is 1.83. The number of aliphatic hydroxyl groups is 2. The summed E-state index contributed by atoms with van der Waals surface area (Å²) in [5.74, 6) is 2.37. The van der Waals surface area contributed by atoms with Gasteiger partial charge in [0.2, 0.25) is 0 Å². The summed E-state index contributed by atoms with van der Waals surface area (Å²) in [5.41, 5.74) is 0. The van der Waals surface area contributed by atoms with Crippen molar-refractivity contribution < 1.29 is 33.9 Å². The molecular formula is C15H26O7. The van der Waals surface area contributed by atoms with Gasteiger partial charge >= 0.3 is 0 Å². The molecule has 0 bridgehead atoms. The Labute approximate surface area is 131 Å². The predicted molar refractivity (Wildman–Crippen MR) is 78.5 cm³/mol. The van der Waals surface area contributed by atoms with Gasteiger partial charge < -0.3 is 33.9 Å². The minimum Gasteiger partial charge on any atom is -0.390 e.